The molecule has 3 aromatic rings. The Labute approximate surface area is 213 Å². The minimum Gasteiger partial charge on any atom is -0.491 e. The molecule has 4 heterocycles. The molecular weight excluding hydrogens is 478 g/mol. The lowest BCUT2D eigenvalue weighted by Gasteiger charge is -2.33. The number of rotatable bonds is 6. The molecule has 9 nitrogen and oxygen atoms in total. The summed E-state index contributed by atoms with van der Waals surface area (Å²) < 4.78 is 5.72. The van der Waals surface area contributed by atoms with Crippen LogP contribution in [0.15, 0.2) is 36.5 Å². The third-order valence-electron chi connectivity index (χ3n) is 6.33. The van der Waals surface area contributed by atoms with E-state index in [-0.39, 0.29) is 30.0 Å². The van der Waals surface area contributed by atoms with E-state index in [2.05, 4.69) is 15.6 Å². The highest BCUT2D eigenvalue weighted by molar-refractivity contribution is 7.21. The SMILES string of the molecule is CCC(=O)N1CCCC(NC(=O)c2sc3nccc4c3c2NC(=O)N4c2ccc(OC(C)C)cc2)C1. The molecule has 0 saturated carbocycles. The first-order valence-electron chi connectivity index (χ1n) is 12.2. The van der Waals surface area contributed by atoms with Gasteiger partial charge in [-0.1, -0.05) is 6.92 Å². The molecule has 5 rings (SSSR count). The molecule has 0 aliphatic carbocycles. The van der Waals surface area contributed by atoms with Crippen molar-refractivity contribution >= 4 is 56.5 Å². The fourth-order valence-corrected chi connectivity index (χ4v) is 5.77. The summed E-state index contributed by atoms with van der Waals surface area (Å²) in [5.74, 6) is 0.553. The maximum Gasteiger partial charge on any atom is 0.331 e. The van der Waals surface area contributed by atoms with E-state index in [0.717, 1.165) is 30.5 Å². The maximum absolute atomic E-state index is 13.3. The zero-order valence-corrected chi connectivity index (χ0v) is 21.4. The summed E-state index contributed by atoms with van der Waals surface area (Å²) in [6.45, 7) is 6.98. The number of benzene rings is 1. The molecule has 1 saturated heterocycles. The van der Waals surface area contributed by atoms with E-state index in [1.807, 2.05) is 45.0 Å². The van der Waals surface area contributed by atoms with Gasteiger partial charge in [-0.15, -0.1) is 11.3 Å². The number of nitrogens with zero attached hydrogens (tertiary/aromatic N) is 3. The normalized spacial score (nSPS) is 17.3. The number of hydrogen-bond acceptors (Lipinski definition) is 6. The summed E-state index contributed by atoms with van der Waals surface area (Å²) in [6, 6.07) is 8.64. The van der Waals surface area contributed by atoms with Gasteiger partial charge in [-0.3, -0.25) is 14.5 Å². The standard InChI is InChI=1S/C26H29N5O4S/c1-4-20(32)30-13-5-6-16(14-30)28-24(33)23-22-21-19(11-12-27-25(21)36-23)31(26(34)29-22)17-7-9-18(10-8-17)35-15(2)3/h7-12,15-16H,4-6,13-14H2,1-3H3,(H,28,33)(H,29,34). The lowest BCUT2D eigenvalue weighted by atomic mass is 10.0. The quantitative estimate of drug-likeness (QED) is 0.494. The Balaban J connectivity index is 1.43. The number of piperidine rings is 1. The fraction of sp³-hybridized carbons (Fsp3) is 0.385. The monoisotopic (exact) mass is 507 g/mol. The molecule has 0 spiro atoms. The Bertz CT molecular complexity index is 1320. The first-order chi connectivity index (χ1) is 17.4. The molecule has 1 aromatic carbocycles. The van der Waals surface area contributed by atoms with Crippen molar-refractivity contribution in [2.75, 3.05) is 23.3 Å². The largest absolute Gasteiger partial charge is 0.491 e. The Kier molecular flexibility index (Phi) is 6.53. The van der Waals surface area contributed by atoms with Crippen molar-refractivity contribution < 1.29 is 19.1 Å². The minimum atomic E-state index is -0.350. The van der Waals surface area contributed by atoms with Crippen LogP contribution in [0.5, 0.6) is 5.75 Å². The van der Waals surface area contributed by atoms with Crippen LogP contribution in [-0.2, 0) is 4.79 Å². The van der Waals surface area contributed by atoms with Crippen molar-refractivity contribution in [3.05, 3.63) is 41.4 Å². The van der Waals surface area contributed by atoms with Crippen molar-refractivity contribution in [3.8, 4) is 5.75 Å². The Hall–Kier alpha value is -3.66. The van der Waals surface area contributed by atoms with Crippen LogP contribution in [0.25, 0.3) is 10.2 Å². The number of carbonyl (C=O) groups excluding carboxylic acids is 3. The molecule has 2 aliphatic rings. The first kappa shape index (κ1) is 24.1. The molecule has 10 heteroatoms. The van der Waals surface area contributed by atoms with Crippen LogP contribution in [0.4, 0.5) is 21.9 Å². The zero-order valence-electron chi connectivity index (χ0n) is 20.5. The molecule has 188 valence electrons. The van der Waals surface area contributed by atoms with Crippen LogP contribution in [0.2, 0.25) is 0 Å². The highest BCUT2D eigenvalue weighted by Crippen LogP contribution is 2.45. The predicted octanol–water partition coefficient (Wildman–Crippen LogP) is 4.90. The molecule has 36 heavy (non-hydrogen) atoms. The third-order valence-corrected chi connectivity index (χ3v) is 7.43. The van der Waals surface area contributed by atoms with Gasteiger partial charge in [0.05, 0.1) is 28.6 Å². The maximum atomic E-state index is 13.3. The molecule has 4 amide bonds. The number of thiophene rings is 1. The average molecular weight is 508 g/mol. The molecule has 0 bridgehead atoms. The molecule has 2 aromatic heterocycles. The van der Waals surface area contributed by atoms with Crippen molar-refractivity contribution in [1.82, 2.24) is 15.2 Å². The summed E-state index contributed by atoms with van der Waals surface area (Å²) in [6.07, 6.45) is 3.80. The summed E-state index contributed by atoms with van der Waals surface area (Å²) in [5.41, 5.74) is 1.83. The van der Waals surface area contributed by atoms with E-state index >= 15 is 0 Å². The molecule has 1 fully saturated rings. The Morgan fingerprint density at radius 3 is 2.75 bits per heavy atom. The molecule has 0 radical (unpaired) electrons. The van der Waals surface area contributed by atoms with E-state index in [9.17, 15) is 14.4 Å². The molecular formula is C26H29N5O4S. The van der Waals surface area contributed by atoms with Crippen LogP contribution >= 0.6 is 11.3 Å². The van der Waals surface area contributed by atoms with Crippen molar-refractivity contribution in [3.63, 3.8) is 0 Å². The fourth-order valence-electron chi connectivity index (χ4n) is 4.74. The summed E-state index contributed by atoms with van der Waals surface area (Å²) in [7, 11) is 0. The van der Waals surface area contributed by atoms with E-state index in [1.54, 1.807) is 22.1 Å². The molecule has 1 atom stereocenters. The van der Waals surface area contributed by atoms with E-state index in [0.29, 0.717) is 39.7 Å². The first-order valence-corrected chi connectivity index (χ1v) is 13.0. The number of likely N-dealkylation sites (tertiary alicyclic amines) is 1. The van der Waals surface area contributed by atoms with Gasteiger partial charge in [0, 0.05) is 31.7 Å². The van der Waals surface area contributed by atoms with E-state index in [1.165, 1.54) is 11.3 Å². The number of hydrogen-bond donors (Lipinski definition) is 2. The topological polar surface area (TPSA) is 104 Å². The van der Waals surface area contributed by atoms with Crippen LogP contribution in [-0.4, -0.2) is 53.0 Å². The number of pyridine rings is 1. The van der Waals surface area contributed by atoms with Gasteiger partial charge in [0.25, 0.3) is 5.91 Å². The lowest BCUT2D eigenvalue weighted by Crippen LogP contribution is -2.49. The van der Waals surface area contributed by atoms with Gasteiger partial charge in [-0.05, 0) is 57.0 Å². The number of amides is 4. The highest BCUT2D eigenvalue weighted by Gasteiger charge is 2.33. The van der Waals surface area contributed by atoms with Crippen molar-refractivity contribution in [2.24, 2.45) is 0 Å². The average Bonchev–Trinajstić information content (AvgIpc) is 3.24. The number of nitrogens with one attached hydrogen (secondary N) is 2. The Morgan fingerprint density at radius 1 is 1.25 bits per heavy atom. The van der Waals surface area contributed by atoms with Crippen LogP contribution in [0.3, 0.4) is 0 Å². The van der Waals surface area contributed by atoms with E-state index in [4.69, 9.17) is 4.74 Å². The number of anilines is 3. The van der Waals surface area contributed by atoms with E-state index < -0.39 is 0 Å². The minimum absolute atomic E-state index is 0.0516. The number of urea groups is 1. The predicted molar refractivity (Wildman–Crippen MR) is 140 cm³/mol. The van der Waals surface area contributed by atoms with Crippen molar-refractivity contribution in [2.45, 2.75) is 52.2 Å². The van der Waals surface area contributed by atoms with Gasteiger partial charge in [0.2, 0.25) is 5.91 Å². The smallest absolute Gasteiger partial charge is 0.331 e. The number of carbonyl (C=O) groups is 3. The van der Waals surface area contributed by atoms with Gasteiger partial charge in [0.1, 0.15) is 15.5 Å². The third kappa shape index (κ3) is 4.48. The van der Waals surface area contributed by atoms with Gasteiger partial charge in [-0.25, -0.2) is 9.78 Å². The van der Waals surface area contributed by atoms with Gasteiger partial charge in [0.15, 0.2) is 0 Å². The van der Waals surface area contributed by atoms with Gasteiger partial charge in [-0.2, -0.15) is 0 Å². The molecule has 2 aliphatic heterocycles. The zero-order chi connectivity index (χ0) is 25.4. The number of ether oxygens (including phenoxy) is 1. The number of aromatic nitrogens is 1. The summed E-state index contributed by atoms with van der Waals surface area (Å²) >= 11 is 1.25. The van der Waals surface area contributed by atoms with Crippen molar-refractivity contribution in [1.29, 1.82) is 0 Å². The second-order valence-electron chi connectivity index (χ2n) is 9.25. The van der Waals surface area contributed by atoms with Crippen LogP contribution < -0.4 is 20.3 Å². The van der Waals surface area contributed by atoms with Gasteiger partial charge < -0.3 is 20.3 Å². The second kappa shape index (κ2) is 9.77. The highest BCUT2D eigenvalue weighted by atomic mass is 32.1. The Morgan fingerprint density at radius 2 is 2.03 bits per heavy atom. The molecule has 2 N–H and O–H groups in total. The van der Waals surface area contributed by atoms with Gasteiger partial charge >= 0.3 is 6.03 Å². The molecule has 1 unspecified atom stereocenters. The summed E-state index contributed by atoms with van der Waals surface area (Å²) in [4.78, 5) is 47.7. The van der Waals surface area contributed by atoms with Crippen LogP contribution in [0, 0.1) is 0 Å². The lowest BCUT2D eigenvalue weighted by molar-refractivity contribution is -0.132. The van der Waals surface area contributed by atoms with Crippen LogP contribution in [0.1, 0.15) is 49.7 Å². The summed E-state index contributed by atoms with van der Waals surface area (Å²) in [5, 5.41) is 6.73. The second-order valence-corrected chi connectivity index (χ2v) is 10.2.